The van der Waals surface area contributed by atoms with Crippen molar-refractivity contribution in [3.8, 4) is 11.5 Å². The monoisotopic (exact) mass is 455 g/mol. The fourth-order valence-corrected chi connectivity index (χ4v) is 2.70. The number of quaternary nitrogens is 1. The number of para-hydroxylation sites is 2. The minimum Gasteiger partial charge on any atom is -1.00 e. The summed E-state index contributed by atoms with van der Waals surface area (Å²) in [5, 5.41) is 0. The molecular weight excluding hydrogens is 433 g/mol. The van der Waals surface area contributed by atoms with E-state index in [1.165, 1.54) is 0 Å². The number of carbonyl (C=O) groups excluding carboxylic acids is 1. The van der Waals surface area contributed by atoms with E-state index in [-0.39, 0.29) is 29.9 Å². The fourth-order valence-electron chi connectivity index (χ4n) is 2.70. The fraction of sp³-hybridized carbons (Fsp3) is 0.316. The molecule has 0 N–H and O–H groups in total. The number of likely N-dealkylation sites (N-methyl/N-ethyl adjacent to an activating group) is 1. The molecule has 1 aliphatic heterocycles. The van der Waals surface area contributed by atoms with Gasteiger partial charge in [0.2, 0.25) is 0 Å². The van der Waals surface area contributed by atoms with Crippen LogP contribution in [0.15, 0.2) is 48.5 Å². The van der Waals surface area contributed by atoms with E-state index in [0.717, 1.165) is 11.1 Å². The van der Waals surface area contributed by atoms with Gasteiger partial charge in [-0.2, -0.15) is 4.65 Å². The second-order valence-electron chi connectivity index (χ2n) is 6.26. The molecule has 0 saturated heterocycles. The third-order valence-electron chi connectivity index (χ3n) is 4.28. The molecule has 2 aromatic carbocycles. The molecule has 0 aliphatic carbocycles. The van der Waals surface area contributed by atoms with Gasteiger partial charge in [0.1, 0.15) is 30.6 Å². The van der Waals surface area contributed by atoms with Crippen molar-refractivity contribution in [2.75, 3.05) is 34.4 Å². The van der Waals surface area contributed by atoms with Crippen LogP contribution in [0, 0.1) is 0 Å². The maximum atomic E-state index is 12.8. The lowest BCUT2D eigenvalue weighted by molar-refractivity contribution is -1.07. The first-order valence-electron chi connectivity index (χ1n) is 7.93. The minimum absolute atomic E-state index is 0. The molecule has 0 fully saturated rings. The maximum absolute atomic E-state index is 12.8. The number of fused-ring (bicyclic) bond motifs is 2. The van der Waals surface area contributed by atoms with Crippen molar-refractivity contribution in [3.63, 3.8) is 0 Å². The molecule has 0 atom stereocenters. The highest BCUT2D eigenvalue weighted by Gasteiger charge is 2.33. The number of esters is 1. The van der Waals surface area contributed by atoms with E-state index in [0.29, 0.717) is 29.3 Å². The third-order valence-corrected chi connectivity index (χ3v) is 4.28. The average Bonchev–Trinajstić information content (AvgIpc) is 2.59. The molecular formula is C19H22INO4. The lowest BCUT2D eigenvalue weighted by Gasteiger charge is -2.28. The Bertz CT molecular complexity index is 702. The molecule has 134 valence electrons. The molecule has 25 heavy (non-hydrogen) atoms. The molecule has 0 amide bonds. The molecule has 0 spiro atoms. The van der Waals surface area contributed by atoms with Crippen LogP contribution >= 0.6 is 0 Å². The van der Waals surface area contributed by atoms with Gasteiger partial charge in [0.15, 0.2) is 0 Å². The number of halogens is 1. The number of hydrogen-bond acceptors (Lipinski definition) is 4. The standard InChI is InChI=1S/C19H22NO4.HI/c1-20(2,22-3)12-13-23-19(21)18-14-8-4-6-10-16(14)24-17-11-7-5-9-15(17)18;/h4-11,18H,12-13H2,1-3H3;1H/q+1;/p-1. The number of carbonyl (C=O) groups is 1. The lowest BCUT2D eigenvalue weighted by Crippen LogP contribution is -3.00. The first-order chi connectivity index (χ1) is 11.5. The Morgan fingerprint density at radius 2 is 1.56 bits per heavy atom. The number of benzene rings is 2. The van der Waals surface area contributed by atoms with E-state index >= 15 is 0 Å². The Morgan fingerprint density at radius 3 is 2.08 bits per heavy atom. The second-order valence-corrected chi connectivity index (χ2v) is 6.26. The molecule has 1 heterocycles. The highest BCUT2D eigenvalue weighted by molar-refractivity contribution is 5.85. The van der Waals surface area contributed by atoms with Crippen molar-refractivity contribution >= 4 is 5.97 Å². The molecule has 3 rings (SSSR count). The number of rotatable bonds is 5. The zero-order valence-electron chi connectivity index (χ0n) is 14.6. The molecule has 0 bridgehead atoms. The smallest absolute Gasteiger partial charge is 0.318 e. The van der Waals surface area contributed by atoms with E-state index < -0.39 is 5.92 Å². The van der Waals surface area contributed by atoms with Crippen molar-refractivity contribution in [1.29, 1.82) is 0 Å². The molecule has 2 aromatic rings. The van der Waals surface area contributed by atoms with E-state index in [2.05, 4.69) is 0 Å². The van der Waals surface area contributed by atoms with Crippen LogP contribution in [-0.2, 0) is 14.4 Å². The highest BCUT2D eigenvalue weighted by atomic mass is 127. The lowest BCUT2D eigenvalue weighted by atomic mass is 9.88. The van der Waals surface area contributed by atoms with Crippen LogP contribution in [-0.4, -0.2) is 45.0 Å². The summed E-state index contributed by atoms with van der Waals surface area (Å²) in [6.45, 7) is 0.871. The Kier molecular flexibility index (Phi) is 6.42. The van der Waals surface area contributed by atoms with Gasteiger partial charge in [0, 0.05) is 11.1 Å². The predicted octanol–water partition coefficient (Wildman–Crippen LogP) is 0.109. The summed E-state index contributed by atoms with van der Waals surface area (Å²) in [5.41, 5.74) is 1.67. The van der Waals surface area contributed by atoms with Gasteiger partial charge in [0.25, 0.3) is 0 Å². The topological polar surface area (TPSA) is 44.8 Å². The Balaban J connectivity index is 0.00000225. The quantitative estimate of drug-likeness (QED) is 0.278. The van der Waals surface area contributed by atoms with E-state index in [4.69, 9.17) is 14.3 Å². The summed E-state index contributed by atoms with van der Waals surface area (Å²) in [5.74, 6) is 0.663. The summed E-state index contributed by atoms with van der Waals surface area (Å²) in [7, 11) is 5.45. The predicted molar refractivity (Wildman–Crippen MR) is 89.7 cm³/mol. The van der Waals surface area contributed by atoms with Crippen molar-refractivity contribution in [1.82, 2.24) is 0 Å². The van der Waals surface area contributed by atoms with Crippen LogP contribution in [0.3, 0.4) is 0 Å². The maximum Gasteiger partial charge on any atom is 0.318 e. The zero-order chi connectivity index (χ0) is 17.2. The molecule has 0 radical (unpaired) electrons. The van der Waals surface area contributed by atoms with Crippen LogP contribution in [0.25, 0.3) is 0 Å². The van der Waals surface area contributed by atoms with Gasteiger partial charge in [-0.05, 0) is 12.1 Å². The largest absolute Gasteiger partial charge is 1.00 e. The van der Waals surface area contributed by atoms with Crippen LogP contribution < -0.4 is 28.7 Å². The van der Waals surface area contributed by atoms with Crippen LogP contribution in [0.4, 0.5) is 0 Å². The number of hydrogen-bond donors (Lipinski definition) is 0. The van der Waals surface area contributed by atoms with Gasteiger partial charge in [-0.1, -0.05) is 36.4 Å². The van der Waals surface area contributed by atoms with Crippen LogP contribution in [0.5, 0.6) is 11.5 Å². The van der Waals surface area contributed by atoms with Crippen molar-refractivity contribution in [2.24, 2.45) is 0 Å². The Labute approximate surface area is 165 Å². The van der Waals surface area contributed by atoms with Crippen molar-refractivity contribution in [3.05, 3.63) is 59.7 Å². The molecule has 0 saturated carbocycles. The number of ether oxygens (including phenoxy) is 2. The summed E-state index contributed by atoms with van der Waals surface area (Å²) in [6, 6.07) is 15.2. The number of hydroxylamine groups is 3. The first kappa shape index (κ1) is 19.7. The Hall–Kier alpha value is -1.64. The SMILES string of the molecule is CO[N+](C)(C)CCOC(=O)C1c2ccccc2Oc2ccccc21.[I-]. The Morgan fingerprint density at radius 1 is 1.04 bits per heavy atom. The van der Waals surface area contributed by atoms with Gasteiger partial charge in [0.05, 0.1) is 21.2 Å². The van der Waals surface area contributed by atoms with Gasteiger partial charge in [-0.3, -0.25) is 4.79 Å². The van der Waals surface area contributed by atoms with Gasteiger partial charge in [-0.15, -0.1) is 0 Å². The van der Waals surface area contributed by atoms with Crippen molar-refractivity contribution < 1.29 is 47.7 Å². The van der Waals surface area contributed by atoms with Crippen molar-refractivity contribution in [2.45, 2.75) is 5.92 Å². The molecule has 5 nitrogen and oxygen atoms in total. The van der Waals surface area contributed by atoms with Gasteiger partial charge >= 0.3 is 5.97 Å². The van der Waals surface area contributed by atoms with Gasteiger partial charge < -0.3 is 33.5 Å². The zero-order valence-corrected chi connectivity index (χ0v) is 16.7. The summed E-state index contributed by atoms with van der Waals surface area (Å²) in [4.78, 5) is 18.1. The second kappa shape index (κ2) is 8.16. The molecule has 1 aliphatic rings. The molecule has 0 aromatic heterocycles. The van der Waals surface area contributed by atoms with Crippen LogP contribution in [0.1, 0.15) is 17.0 Å². The van der Waals surface area contributed by atoms with Gasteiger partial charge in [-0.25, -0.2) is 4.84 Å². The van der Waals surface area contributed by atoms with E-state index in [1.807, 2.05) is 62.6 Å². The summed E-state index contributed by atoms with van der Waals surface area (Å²) >= 11 is 0. The normalized spacial score (nSPS) is 13.1. The minimum atomic E-state index is -0.468. The average molecular weight is 455 g/mol. The van der Waals surface area contributed by atoms with Crippen LogP contribution in [0.2, 0.25) is 0 Å². The first-order valence-corrected chi connectivity index (χ1v) is 7.93. The highest BCUT2D eigenvalue weighted by Crippen LogP contribution is 2.44. The molecule has 6 heteroatoms. The summed E-state index contributed by atoms with van der Waals surface area (Å²) in [6.07, 6.45) is 0. The third kappa shape index (κ3) is 4.31. The van der Waals surface area contributed by atoms with E-state index in [9.17, 15) is 4.79 Å². The summed E-state index contributed by atoms with van der Waals surface area (Å²) < 4.78 is 11.8. The molecule has 0 unspecified atom stereocenters. The van der Waals surface area contributed by atoms with E-state index in [1.54, 1.807) is 7.11 Å². The number of nitrogens with zero attached hydrogens (tertiary/aromatic N) is 1.